The number of rotatable bonds is 7. The summed E-state index contributed by atoms with van der Waals surface area (Å²) < 4.78 is 14.0. The van der Waals surface area contributed by atoms with Crippen LogP contribution >= 0.6 is 0 Å². The molecule has 7 heteroatoms. The summed E-state index contributed by atoms with van der Waals surface area (Å²) in [7, 11) is 1.79. The maximum atomic E-state index is 14.0. The van der Waals surface area contributed by atoms with Crippen LogP contribution in [-0.4, -0.2) is 62.2 Å². The largest absolute Gasteiger partial charge is 0.367 e. The van der Waals surface area contributed by atoms with Crippen molar-refractivity contribution in [2.75, 3.05) is 51.2 Å². The molecule has 6 nitrogen and oxygen atoms in total. The van der Waals surface area contributed by atoms with Crippen LogP contribution in [0.15, 0.2) is 65.8 Å². The van der Waals surface area contributed by atoms with E-state index < -0.39 is 0 Å². The van der Waals surface area contributed by atoms with Gasteiger partial charge in [-0.15, -0.1) is 0 Å². The van der Waals surface area contributed by atoms with Crippen molar-refractivity contribution in [1.29, 1.82) is 0 Å². The van der Waals surface area contributed by atoms with Gasteiger partial charge in [0.2, 0.25) is 0 Å². The van der Waals surface area contributed by atoms with Crippen LogP contribution in [-0.2, 0) is 6.54 Å². The summed E-state index contributed by atoms with van der Waals surface area (Å²) in [6, 6.07) is 17.3. The van der Waals surface area contributed by atoms with Crippen molar-refractivity contribution in [2.45, 2.75) is 13.0 Å². The molecule has 0 atom stereocenters. The molecule has 0 aliphatic carbocycles. The molecule has 0 saturated carbocycles. The molecule has 0 spiro atoms. The van der Waals surface area contributed by atoms with Gasteiger partial charge in [-0.05, 0) is 42.8 Å². The summed E-state index contributed by atoms with van der Waals surface area (Å²) >= 11 is 0. The first-order valence-corrected chi connectivity index (χ1v) is 11.2. The Bertz CT molecular complexity index is 1040. The average Bonchev–Trinajstić information content (AvgIpc) is 2.84. The standard InChI is InChI=1S/C25H31FN6/c1-27-25(30-19-20-11-13-28-23-9-4-2-7-21(20)23)29-12-6-14-31-15-17-32(18-16-31)24-10-5-3-8-22(24)26/h2-5,7-11,13H,6,12,14-19H2,1H3,(H2,27,29,30). The molecule has 1 aromatic heterocycles. The van der Waals surface area contributed by atoms with Crippen LogP contribution in [0.4, 0.5) is 10.1 Å². The molecule has 0 unspecified atom stereocenters. The number of pyridine rings is 1. The zero-order valence-corrected chi connectivity index (χ0v) is 18.6. The maximum absolute atomic E-state index is 14.0. The highest BCUT2D eigenvalue weighted by Gasteiger charge is 2.18. The first kappa shape index (κ1) is 22.0. The molecule has 1 aliphatic heterocycles. The van der Waals surface area contributed by atoms with Crippen LogP contribution in [0.2, 0.25) is 0 Å². The number of fused-ring (bicyclic) bond motifs is 1. The van der Waals surface area contributed by atoms with Crippen molar-refractivity contribution in [3.8, 4) is 0 Å². The summed E-state index contributed by atoms with van der Waals surface area (Å²) in [5.41, 5.74) is 2.92. The lowest BCUT2D eigenvalue weighted by atomic mass is 10.1. The summed E-state index contributed by atoms with van der Waals surface area (Å²) in [6.45, 7) is 6.19. The predicted molar refractivity (Wildman–Crippen MR) is 130 cm³/mol. The molecule has 2 heterocycles. The first-order valence-electron chi connectivity index (χ1n) is 11.2. The molecule has 0 radical (unpaired) electrons. The molecule has 1 aliphatic rings. The van der Waals surface area contributed by atoms with Crippen molar-refractivity contribution in [3.05, 3.63) is 72.2 Å². The van der Waals surface area contributed by atoms with Crippen molar-refractivity contribution in [2.24, 2.45) is 4.99 Å². The zero-order chi connectivity index (χ0) is 22.2. The molecule has 168 valence electrons. The van der Waals surface area contributed by atoms with E-state index in [9.17, 15) is 4.39 Å². The number of guanidine groups is 1. The van der Waals surface area contributed by atoms with Gasteiger partial charge in [-0.25, -0.2) is 4.39 Å². The number of benzene rings is 2. The van der Waals surface area contributed by atoms with E-state index in [1.807, 2.05) is 42.6 Å². The smallest absolute Gasteiger partial charge is 0.191 e. The Morgan fingerprint density at radius 1 is 1.00 bits per heavy atom. The number of nitrogens with zero attached hydrogens (tertiary/aromatic N) is 4. The zero-order valence-electron chi connectivity index (χ0n) is 18.6. The Hall–Kier alpha value is -3.19. The lowest BCUT2D eigenvalue weighted by Crippen LogP contribution is -2.47. The Kier molecular flexibility index (Phi) is 7.51. The number of hydrogen-bond donors (Lipinski definition) is 2. The fourth-order valence-corrected chi connectivity index (χ4v) is 4.14. The minimum Gasteiger partial charge on any atom is -0.367 e. The topological polar surface area (TPSA) is 55.8 Å². The number of para-hydroxylation sites is 2. The molecule has 2 N–H and O–H groups in total. The van der Waals surface area contributed by atoms with Crippen LogP contribution in [0, 0.1) is 5.82 Å². The molecule has 1 saturated heterocycles. The van der Waals surface area contributed by atoms with E-state index in [1.54, 1.807) is 13.1 Å². The lowest BCUT2D eigenvalue weighted by molar-refractivity contribution is 0.254. The van der Waals surface area contributed by atoms with Crippen molar-refractivity contribution < 1.29 is 4.39 Å². The molecular formula is C25H31FN6. The fourth-order valence-electron chi connectivity index (χ4n) is 4.14. The van der Waals surface area contributed by atoms with Gasteiger partial charge < -0.3 is 15.5 Å². The number of hydrogen-bond acceptors (Lipinski definition) is 4. The summed E-state index contributed by atoms with van der Waals surface area (Å²) in [4.78, 5) is 13.3. The quantitative estimate of drug-likeness (QED) is 0.340. The van der Waals surface area contributed by atoms with Gasteiger partial charge >= 0.3 is 0 Å². The second kappa shape index (κ2) is 10.9. The number of piperazine rings is 1. The molecule has 32 heavy (non-hydrogen) atoms. The van der Waals surface area contributed by atoms with Crippen LogP contribution < -0.4 is 15.5 Å². The second-order valence-electron chi connectivity index (χ2n) is 7.97. The Labute approximate surface area is 189 Å². The van der Waals surface area contributed by atoms with Gasteiger partial charge in [0.05, 0.1) is 11.2 Å². The Morgan fingerprint density at radius 2 is 1.78 bits per heavy atom. The number of halogens is 1. The molecular weight excluding hydrogens is 403 g/mol. The molecule has 1 fully saturated rings. The number of aliphatic imine (C=N–C) groups is 1. The highest BCUT2D eigenvalue weighted by Crippen LogP contribution is 2.20. The molecule has 2 aromatic carbocycles. The Morgan fingerprint density at radius 3 is 2.59 bits per heavy atom. The minimum absolute atomic E-state index is 0.135. The van der Waals surface area contributed by atoms with Gasteiger partial charge in [0, 0.05) is 57.9 Å². The maximum Gasteiger partial charge on any atom is 0.191 e. The third-order valence-corrected chi connectivity index (χ3v) is 5.92. The highest BCUT2D eigenvalue weighted by molar-refractivity contribution is 5.83. The number of anilines is 1. The second-order valence-corrected chi connectivity index (χ2v) is 7.97. The lowest BCUT2D eigenvalue weighted by Gasteiger charge is -2.36. The van der Waals surface area contributed by atoms with Crippen LogP contribution in [0.3, 0.4) is 0 Å². The van der Waals surface area contributed by atoms with E-state index in [4.69, 9.17) is 0 Å². The molecule has 0 bridgehead atoms. The average molecular weight is 435 g/mol. The van der Waals surface area contributed by atoms with Gasteiger partial charge in [-0.3, -0.25) is 14.9 Å². The first-order chi connectivity index (χ1) is 15.7. The van der Waals surface area contributed by atoms with Crippen LogP contribution in [0.25, 0.3) is 10.9 Å². The van der Waals surface area contributed by atoms with Crippen LogP contribution in [0.1, 0.15) is 12.0 Å². The summed E-state index contributed by atoms with van der Waals surface area (Å²) in [5.74, 6) is 0.666. The highest BCUT2D eigenvalue weighted by atomic mass is 19.1. The summed E-state index contributed by atoms with van der Waals surface area (Å²) in [5, 5.41) is 7.97. The normalized spacial score (nSPS) is 15.2. The molecule has 0 amide bonds. The van der Waals surface area contributed by atoms with Crippen LogP contribution in [0.5, 0.6) is 0 Å². The van der Waals surface area contributed by atoms with E-state index in [2.05, 4.69) is 36.5 Å². The predicted octanol–water partition coefficient (Wildman–Crippen LogP) is 3.25. The van der Waals surface area contributed by atoms with Gasteiger partial charge in [-0.2, -0.15) is 0 Å². The van der Waals surface area contributed by atoms with Crippen molar-refractivity contribution in [3.63, 3.8) is 0 Å². The third kappa shape index (κ3) is 5.53. The fraction of sp³-hybridized carbons (Fsp3) is 0.360. The van der Waals surface area contributed by atoms with Crippen molar-refractivity contribution in [1.82, 2.24) is 20.5 Å². The van der Waals surface area contributed by atoms with Gasteiger partial charge in [0.15, 0.2) is 5.96 Å². The van der Waals surface area contributed by atoms with Gasteiger partial charge in [-0.1, -0.05) is 30.3 Å². The monoisotopic (exact) mass is 434 g/mol. The van der Waals surface area contributed by atoms with E-state index >= 15 is 0 Å². The number of nitrogens with one attached hydrogen (secondary N) is 2. The number of aromatic nitrogens is 1. The summed E-state index contributed by atoms with van der Waals surface area (Å²) in [6.07, 6.45) is 2.88. The third-order valence-electron chi connectivity index (χ3n) is 5.92. The Balaban J connectivity index is 1.17. The SMILES string of the molecule is CN=C(NCCCN1CCN(c2ccccc2F)CC1)NCc1ccnc2ccccc12. The van der Waals surface area contributed by atoms with Gasteiger partial charge in [0.1, 0.15) is 5.82 Å². The molecule has 3 aromatic rings. The van der Waals surface area contributed by atoms with Crippen molar-refractivity contribution >= 4 is 22.5 Å². The minimum atomic E-state index is -0.135. The van der Waals surface area contributed by atoms with E-state index in [1.165, 1.54) is 11.6 Å². The van der Waals surface area contributed by atoms with E-state index in [0.29, 0.717) is 12.2 Å². The van der Waals surface area contributed by atoms with Gasteiger partial charge in [0.25, 0.3) is 0 Å². The molecule has 4 rings (SSSR count). The van der Waals surface area contributed by atoms with E-state index in [-0.39, 0.29) is 5.82 Å². The van der Waals surface area contributed by atoms with E-state index in [0.717, 1.165) is 62.6 Å².